The van der Waals surface area contributed by atoms with Crippen LogP contribution in [0.25, 0.3) is 10.4 Å². The monoisotopic (exact) mass is 358 g/mol. The molecule has 1 amide bonds. The van der Waals surface area contributed by atoms with Gasteiger partial charge < -0.3 is 19.5 Å². The fourth-order valence-corrected chi connectivity index (χ4v) is 4.10. The van der Waals surface area contributed by atoms with Crippen LogP contribution in [-0.4, -0.2) is 60.9 Å². The molecule has 9 heteroatoms. The maximum absolute atomic E-state index is 11.6. The lowest BCUT2D eigenvalue weighted by Crippen LogP contribution is -2.56. The quantitative estimate of drug-likeness (QED) is 0.326. The summed E-state index contributed by atoms with van der Waals surface area (Å²) in [4.78, 5) is 15.6. The maximum atomic E-state index is 11.6. The molecular weight excluding hydrogens is 328 g/mol. The molecule has 0 aromatic carbocycles. The van der Waals surface area contributed by atoms with Crippen LogP contribution in [0.4, 0.5) is 4.79 Å². The summed E-state index contributed by atoms with van der Waals surface area (Å²) in [5, 5.41) is 23.0. The topological polar surface area (TPSA) is 119 Å². The van der Waals surface area contributed by atoms with E-state index < -0.39 is 26.6 Å². The Kier molecular flexibility index (Phi) is 7.09. The van der Waals surface area contributed by atoms with Gasteiger partial charge in [0.1, 0.15) is 0 Å². The average molecular weight is 359 g/mol. The van der Waals surface area contributed by atoms with Crippen molar-refractivity contribution in [2.45, 2.75) is 76.4 Å². The van der Waals surface area contributed by atoms with Gasteiger partial charge in [-0.2, -0.15) is 0 Å². The summed E-state index contributed by atoms with van der Waals surface area (Å²) in [5.74, 6) is 0. The van der Waals surface area contributed by atoms with Crippen LogP contribution in [0, 0.1) is 0 Å². The van der Waals surface area contributed by atoms with Gasteiger partial charge in [0.2, 0.25) is 0 Å². The fraction of sp³-hybridized carbons (Fsp3) is 0.933. The van der Waals surface area contributed by atoms with E-state index in [0.717, 1.165) is 12.8 Å². The van der Waals surface area contributed by atoms with Crippen LogP contribution in [0.2, 0.25) is 18.1 Å². The standard InChI is InChI=1S/C15H30N4O4Si/c1-15(2,3)24(4,5)23-13-7-6-8-19(14(21)22)12(13)9-11(20)10-17-18-16/h11-13,20H,6-10H2,1-5H3,(H,21,22)/t11?,12-,13+/m1/s1. The van der Waals surface area contributed by atoms with E-state index >= 15 is 0 Å². The summed E-state index contributed by atoms with van der Waals surface area (Å²) in [5.41, 5.74) is 8.38. The summed E-state index contributed by atoms with van der Waals surface area (Å²) < 4.78 is 6.46. The van der Waals surface area contributed by atoms with Gasteiger partial charge in [-0.25, -0.2) is 4.79 Å². The van der Waals surface area contributed by atoms with Gasteiger partial charge in [0.15, 0.2) is 8.32 Å². The maximum Gasteiger partial charge on any atom is 0.407 e. The second-order valence-corrected chi connectivity index (χ2v) is 12.7. The molecule has 24 heavy (non-hydrogen) atoms. The number of carboxylic acid groups (broad SMARTS) is 1. The second-order valence-electron chi connectivity index (χ2n) is 7.91. The molecule has 0 aromatic rings. The van der Waals surface area contributed by atoms with E-state index in [4.69, 9.17) is 9.96 Å². The molecule has 0 aliphatic carbocycles. The number of rotatable bonds is 6. The Balaban J connectivity index is 2.96. The predicted molar refractivity (Wildman–Crippen MR) is 94.5 cm³/mol. The third-order valence-corrected chi connectivity index (χ3v) is 9.59. The van der Waals surface area contributed by atoms with E-state index in [2.05, 4.69) is 43.9 Å². The Morgan fingerprint density at radius 3 is 2.62 bits per heavy atom. The number of piperidine rings is 1. The smallest absolute Gasteiger partial charge is 0.407 e. The van der Waals surface area contributed by atoms with Gasteiger partial charge in [0.25, 0.3) is 0 Å². The summed E-state index contributed by atoms with van der Waals surface area (Å²) in [6, 6.07) is -0.422. The molecule has 1 unspecified atom stereocenters. The number of likely N-dealkylation sites (tertiary alicyclic amines) is 1. The van der Waals surface area contributed by atoms with Gasteiger partial charge in [0, 0.05) is 11.5 Å². The third-order valence-electron chi connectivity index (χ3n) is 5.08. The molecule has 1 aliphatic rings. The summed E-state index contributed by atoms with van der Waals surface area (Å²) in [6.45, 7) is 11.1. The van der Waals surface area contributed by atoms with Gasteiger partial charge in [-0.3, -0.25) is 0 Å². The number of aliphatic hydroxyl groups excluding tert-OH is 1. The largest absolute Gasteiger partial charge is 0.465 e. The van der Waals surface area contributed by atoms with Crippen LogP contribution < -0.4 is 0 Å². The van der Waals surface area contributed by atoms with Crippen molar-refractivity contribution in [3.05, 3.63) is 10.4 Å². The molecule has 1 rings (SSSR count). The molecule has 1 aliphatic heterocycles. The molecule has 3 atom stereocenters. The zero-order valence-electron chi connectivity index (χ0n) is 15.3. The van der Waals surface area contributed by atoms with Crippen LogP contribution in [0.15, 0.2) is 5.11 Å². The molecule has 0 bridgehead atoms. The molecule has 0 saturated carbocycles. The summed E-state index contributed by atoms with van der Waals surface area (Å²) in [7, 11) is -2.06. The fourth-order valence-electron chi connectivity index (χ4n) is 2.71. The van der Waals surface area contributed by atoms with Gasteiger partial charge >= 0.3 is 6.09 Å². The Hall–Kier alpha value is -1.28. The third kappa shape index (κ3) is 5.37. The lowest BCUT2D eigenvalue weighted by molar-refractivity contribution is 0.000628. The first-order valence-electron chi connectivity index (χ1n) is 8.36. The molecule has 2 N–H and O–H groups in total. The highest BCUT2D eigenvalue weighted by Crippen LogP contribution is 2.39. The number of carbonyl (C=O) groups is 1. The molecule has 138 valence electrons. The zero-order valence-corrected chi connectivity index (χ0v) is 16.3. The molecule has 0 aromatic heterocycles. The Morgan fingerprint density at radius 2 is 2.12 bits per heavy atom. The number of amides is 1. The minimum Gasteiger partial charge on any atom is -0.465 e. The normalized spacial score (nSPS) is 23.5. The molecule has 0 spiro atoms. The number of aliphatic hydroxyl groups is 1. The highest BCUT2D eigenvalue weighted by Gasteiger charge is 2.44. The number of nitrogens with zero attached hydrogens (tertiary/aromatic N) is 4. The van der Waals surface area contributed by atoms with Crippen molar-refractivity contribution in [1.29, 1.82) is 0 Å². The van der Waals surface area contributed by atoms with Crippen LogP contribution in [-0.2, 0) is 4.43 Å². The Bertz CT molecular complexity index is 488. The van der Waals surface area contributed by atoms with Crippen molar-refractivity contribution < 1.29 is 19.4 Å². The first-order valence-corrected chi connectivity index (χ1v) is 11.3. The van der Waals surface area contributed by atoms with E-state index in [9.17, 15) is 15.0 Å². The number of hydrogen-bond acceptors (Lipinski definition) is 4. The van der Waals surface area contributed by atoms with Crippen LogP contribution in [0.1, 0.15) is 40.0 Å². The van der Waals surface area contributed by atoms with Crippen molar-refractivity contribution in [3.63, 3.8) is 0 Å². The number of azide groups is 1. The van der Waals surface area contributed by atoms with Crippen molar-refractivity contribution in [2.24, 2.45) is 5.11 Å². The summed E-state index contributed by atoms with van der Waals surface area (Å²) >= 11 is 0. The van der Waals surface area contributed by atoms with Gasteiger partial charge in [-0.15, -0.1) is 0 Å². The van der Waals surface area contributed by atoms with Crippen LogP contribution >= 0.6 is 0 Å². The molecule has 0 radical (unpaired) electrons. The van der Waals surface area contributed by atoms with Crippen LogP contribution in [0.3, 0.4) is 0 Å². The molecule has 1 fully saturated rings. The van der Waals surface area contributed by atoms with Crippen molar-refractivity contribution >= 4 is 14.4 Å². The number of hydrogen-bond donors (Lipinski definition) is 2. The Labute approximate surface area is 144 Å². The SMILES string of the molecule is CC(C)(C)[Si](C)(C)O[C@H]1CCCN(C(=O)O)[C@@H]1CC(O)CN=[N+]=[N-]. The predicted octanol–water partition coefficient (Wildman–Crippen LogP) is 3.58. The lowest BCUT2D eigenvalue weighted by Gasteiger charge is -2.46. The first-order chi connectivity index (χ1) is 11.0. The molecule has 8 nitrogen and oxygen atoms in total. The van der Waals surface area contributed by atoms with E-state index in [1.807, 2.05) is 0 Å². The first kappa shape index (κ1) is 20.8. The highest BCUT2D eigenvalue weighted by atomic mass is 28.4. The zero-order chi connectivity index (χ0) is 18.5. The van der Waals surface area contributed by atoms with E-state index in [0.29, 0.717) is 6.54 Å². The summed E-state index contributed by atoms with van der Waals surface area (Å²) in [6.07, 6.45) is -0.388. The van der Waals surface area contributed by atoms with E-state index in [1.54, 1.807) is 0 Å². The van der Waals surface area contributed by atoms with Crippen molar-refractivity contribution in [1.82, 2.24) is 4.90 Å². The van der Waals surface area contributed by atoms with Crippen molar-refractivity contribution in [3.8, 4) is 0 Å². The second kappa shape index (κ2) is 8.20. The minimum atomic E-state index is -2.06. The minimum absolute atomic E-state index is 0.0206. The highest BCUT2D eigenvalue weighted by molar-refractivity contribution is 6.74. The van der Waals surface area contributed by atoms with E-state index in [1.165, 1.54) is 4.90 Å². The average Bonchev–Trinajstić information content (AvgIpc) is 2.45. The molecular formula is C15H30N4O4Si. The van der Waals surface area contributed by atoms with Crippen molar-refractivity contribution in [2.75, 3.05) is 13.1 Å². The lowest BCUT2D eigenvalue weighted by atomic mass is 9.94. The molecule has 1 heterocycles. The van der Waals surface area contributed by atoms with Gasteiger partial charge in [0.05, 0.1) is 24.8 Å². The van der Waals surface area contributed by atoms with Gasteiger partial charge in [-0.1, -0.05) is 25.9 Å². The Morgan fingerprint density at radius 1 is 1.50 bits per heavy atom. The van der Waals surface area contributed by atoms with Crippen LogP contribution in [0.5, 0.6) is 0 Å². The molecule has 1 saturated heterocycles. The van der Waals surface area contributed by atoms with Gasteiger partial charge in [-0.05, 0) is 42.9 Å². The van der Waals surface area contributed by atoms with E-state index in [-0.39, 0.29) is 24.1 Å².